The van der Waals surface area contributed by atoms with Crippen LogP contribution in [0.25, 0.3) is 0 Å². The van der Waals surface area contributed by atoms with E-state index in [9.17, 15) is 9.59 Å². The first-order chi connectivity index (χ1) is 18.2. The van der Waals surface area contributed by atoms with Gasteiger partial charge in [-0.05, 0) is 83.6 Å². The van der Waals surface area contributed by atoms with Gasteiger partial charge in [-0.1, -0.05) is 56.2 Å². The number of hydrogen-bond donors (Lipinski definition) is 0. The first-order valence-corrected chi connectivity index (χ1v) is 14.0. The van der Waals surface area contributed by atoms with Crippen molar-refractivity contribution in [2.45, 2.75) is 117 Å². The van der Waals surface area contributed by atoms with E-state index in [-0.39, 0.29) is 12.2 Å². The Hall–Kier alpha value is -2.58. The van der Waals surface area contributed by atoms with Gasteiger partial charge in [-0.25, -0.2) is 9.59 Å². The minimum Gasteiger partial charge on any atom is -0.432 e. The lowest BCUT2D eigenvalue weighted by molar-refractivity contribution is -0.163. The van der Waals surface area contributed by atoms with Crippen molar-refractivity contribution in [2.75, 3.05) is 0 Å². The second-order valence-corrected chi connectivity index (χ2v) is 10.7. The van der Waals surface area contributed by atoms with Crippen molar-refractivity contribution in [3.63, 3.8) is 0 Å². The van der Waals surface area contributed by atoms with Crippen molar-refractivity contribution < 1.29 is 38.0 Å². The Kier molecular flexibility index (Phi) is 11.9. The van der Waals surface area contributed by atoms with Crippen molar-refractivity contribution in [3.05, 3.63) is 47.5 Å². The second-order valence-electron chi connectivity index (χ2n) is 10.7. The maximum absolute atomic E-state index is 12.0. The van der Waals surface area contributed by atoms with Crippen molar-refractivity contribution >= 4 is 12.3 Å². The highest BCUT2D eigenvalue weighted by molar-refractivity contribution is 5.61. The van der Waals surface area contributed by atoms with Crippen molar-refractivity contribution in [1.82, 2.24) is 0 Å². The van der Waals surface area contributed by atoms with E-state index in [1.165, 1.54) is 44.1 Å². The van der Waals surface area contributed by atoms with E-state index >= 15 is 0 Å². The van der Waals surface area contributed by atoms with E-state index < -0.39 is 31.2 Å². The number of carbonyl (C=O) groups excluding carboxylic acids is 2. The Morgan fingerprint density at radius 2 is 1.45 bits per heavy atom. The fraction of sp³-hybridized carbons (Fsp3) is 0.667. The molecule has 0 aromatic heterocycles. The molecule has 1 saturated heterocycles. The molecule has 8 nitrogen and oxygen atoms in total. The van der Waals surface area contributed by atoms with Crippen LogP contribution in [0.2, 0.25) is 0 Å². The maximum atomic E-state index is 12.0. The molecule has 0 bridgehead atoms. The van der Waals surface area contributed by atoms with Gasteiger partial charge in [-0.3, -0.25) is 0 Å². The molecule has 0 radical (unpaired) electrons. The average Bonchev–Trinajstić information content (AvgIpc) is 3.24. The van der Waals surface area contributed by atoms with E-state index in [1.807, 2.05) is 24.3 Å². The zero-order valence-electron chi connectivity index (χ0n) is 23.4. The number of carbonyl (C=O) groups is 2. The molecule has 3 rings (SSSR count). The summed E-state index contributed by atoms with van der Waals surface area (Å²) < 4.78 is 31.9. The first-order valence-electron chi connectivity index (χ1n) is 14.0. The van der Waals surface area contributed by atoms with E-state index in [2.05, 4.69) is 19.1 Å². The van der Waals surface area contributed by atoms with Gasteiger partial charge in [0.25, 0.3) is 12.6 Å². The molecule has 2 fully saturated rings. The predicted octanol–water partition coefficient (Wildman–Crippen LogP) is 7.60. The summed E-state index contributed by atoms with van der Waals surface area (Å²) in [5.41, 5.74) is 1.91. The Morgan fingerprint density at radius 3 is 1.95 bits per heavy atom. The van der Waals surface area contributed by atoms with Crippen LogP contribution in [0.5, 0.6) is 0 Å². The molecule has 0 unspecified atom stereocenters. The normalized spacial score (nSPS) is 24.2. The molecule has 38 heavy (non-hydrogen) atoms. The summed E-state index contributed by atoms with van der Waals surface area (Å²) in [5, 5.41) is 0. The monoisotopic (exact) mass is 532 g/mol. The molecule has 2 aliphatic rings. The van der Waals surface area contributed by atoms with Gasteiger partial charge in [0.2, 0.25) is 0 Å². The van der Waals surface area contributed by atoms with Gasteiger partial charge in [-0.15, -0.1) is 0 Å². The molecule has 8 heteroatoms. The highest BCUT2D eigenvalue weighted by atomic mass is 16.9. The summed E-state index contributed by atoms with van der Waals surface area (Å²) in [4.78, 5) is 24.0. The third-order valence-electron chi connectivity index (χ3n) is 6.67. The van der Waals surface area contributed by atoms with Crippen LogP contribution in [0.3, 0.4) is 0 Å². The summed E-state index contributed by atoms with van der Waals surface area (Å²) >= 11 is 0. The topological polar surface area (TPSA) is 89.5 Å². The molecular formula is C30H44O8. The number of ether oxygens (including phenoxy) is 6. The zero-order valence-corrected chi connectivity index (χ0v) is 23.4. The third-order valence-corrected chi connectivity index (χ3v) is 6.67. The Balaban J connectivity index is 1.51. The predicted molar refractivity (Wildman–Crippen MR) is 142 cm³/mol. The number of hydrogen-bond acceptors (Lipinski definition) is 8. The van der Waals surface area contributed by atoms with Crippen LogP contribution < -0.4 is 0 Å². The number of rotatable bonds is 11. The summed E-state index contributed by atoms with van der Waals surface area (Å²) in [7, 11) is 0. The largest absolute Gasteiger partial charge is 0.511 e. The first kappa shape index (κ1) is 30.0. The van der Waals surface area contributed by atoms with E-state index in [1.54, 1.807) is 27.7 Å². The lowest BCUT2D eigenvalue weighted by Crippen LogP contribution is -2.34. The minimum atomic E-state index is -1.30. The third kappa shape index (κ3) is 9.95. The van der Waals surface area contributed by atoms with Crippen molar-refractivity contribution in [2.24, 2.45) is 11.8 Å². The van der Waals surface area contributed by atoms with E-state index in [0.29, 0.717) is 5.56 Å². The lowest BCUT2D eigenvalue weighted by Gasteiger charge is -2.26. The molecule has 1 aromatic carbocycles. The minimum absolute atomic E-state index is 0.380. The summed E-state index contributed by atoms with van der Waals surface area (Å²) in [6, 6.07) is 7.85. The Bertz CT molecular complexity index is 854. The maximum Gasteiger partial charge on any atom is 0.511 e. The van der Waals surface area contributed by atoms with Gasteiger partial charge >= 0.3 is 12.3 Å². The smallest absolute Gasteiger partial charge is 0.432 e. The Labute approximate surface area is 226 Å². The van der Waals surface area contributed by atoms with Crippen molar-refractivity contribution in [3.8, 4) is 0 Å². The molecule has 0 amide bonds. The van der Waals surface area contributed by atoms with Gasteiger partial charge in [0.05, 0.1) is 12.2 Å². The zero-order chi connectivity index (χ0) is 27.5. The number of benzene rings is 1. The van der Waals surface area contributed by atoms with Crippen LogP contribution in [0.15, 0.2) is 36.4 Å². The molecule has 1 aliphatic carbocycles. The molecular weight excluding hydrogens is 488 g/mol. The molecule has 1 saturated carbocycles. The lowest BCUT2D eigenvalue weighted by atomic mass is 9.80. The number of allylic oxidation sites excluding steroid dienone is 2. The van der Waals surface area contributed by atoms with E-state index in [4.69, 9.17) is 28.4 Å². The highest BCUT2D eigenvalue weighted by Gasteiger charge is 2.43. The van der Waals surface area contributed by atoms with Crippen molar-refractivity contribution in [1.29, 1.82) is 0 Å². The summed E-state index contributed by atoms with van der Waals surface area (Å²) in [6.45, 7) is 9.06. The van der Waals surface area contributed by atoms with Crippen LogP contribution in [-0.2, 0) is 34.8 Å². The van der Waals surface area contributed by atoms with Crippen LogP contribution in [0, 0.1) is 11.8 Å². The molecule has 0 spiro atoms. The second kappa shape index (κ2) is 15.1. The molecule has 1 aliphatic heterocycles. The molecule has 0 N–H and O–H groups in total. The van der Waals surface area contributed by atoms with E-state index in [0.717, 1.165) is 24.7 Å². The fourth-order valence-corrected chi connectivity index (χ4v) is 4.82. The average molecular weight is 533 g/mol. The van der Waals surface area contributed by atoms with Crippen LogP contribution in [0.4, 0.5) is 9.59 Å². The SMILES string of the molecule is CCCC1CCC(/C=C/CCc2ccc(C3O[C@H](OC(=O)OC(C)C)[C@@H](OC(=O)OC(C)C)O3)cc2)CC1. The number of aryl methyl sites for hydroxylation is 1. The molecule has 1 heterocycles. The Morgan fingerprint density at radius 1 is 0.895 bits per heavy atom. The molecule has 212 valence electrons. The summed E-state index contributed by atoms with van der Waals surface area (Å²) in [5.74, 6) is 1.66. The highest BCUT2D eigenvalue weighted by Crippen LogP contribution is 2.34. The molecule has 2 atom stereocenters. The quantitative estimate of drug-likeness (QED) is 0.213. The standard InChI is InChI=1S/C30H44O8/c1-6-9-22-12-14-23(15-13-22)10-7-8-11-24-16-18-25(19-17-24)26-35-27(37-29(31)33-20(2)3)28(36-26)38-30(32)34-21(4)5/h7,10,16-23,26-28H,6,8-9,11-15H2,1-5H3/b10-7+/t22?,23?,27-,28-/m1/s1. The van der Waals surface area contributed by atoms with Gasteiger partial charge in [-0.2, -0.15) is 0 Å². The van der Waals surface area contributed by atoms with Gasteiger partial charge < -0.3 is 28.4 Å². The van der Waals surface area contributed by atoms with Crippen LogP contribution >= 0.6 is 0 Å². The van der Waals surface area contributed by atoms with Gasteiger partial charge in [0, 0.05) is 5.56 Å². The molecule has 1 aromatic rings. The van der Waals surface area contributed by atoms with Gasteiger partial charge in [0.1, 0.15) is 0 Å². The van der Waals surface area contributed by atoms with Crippen LogP contribution in [-0.4, -0.2) is 37.1 Å². The van der Waals surface area contributed by atoms with Gasteiger partial charge in [0.15, 0.2) is 6.29 Å². The fourth-order valence-electron chi connectivity index (χ4n) is 4.82. The summed E-state index contributed by atoms with van der Waals surface area (Å²) in [6.07, 6.45) is 8.56. The van der Waals surface area contributed by atoms with Crippen LogP contribution in [0.1, 0.15) is 97.0 Å².